The molecule has 0 saturated heterocycles. The number of amides is 1. The summed E-state index contributed by atoms with van der Waals surface area (Å²) < 4.78 is 5.22. The molecule has 0 fully saturated rings. The van der Waals surface area contributed by atoms with E-state index in [1.807, 2.05) is 38.1 Å². The zero-order valence-corrected chi connectivity index (χ0v) is 16.6. The van der Waals surface area contributed by atoms with Gasteiger partial charge >= 0.3 is 0 Å². The lowest BCUT2D eigenvalue weighted by molar-refractivity contribution is 0.0934. The molecule has 1 aromatic heterocycles. The van der Waals surface area contributed by atoms with Crippen LogP contribution in [0.25, 0.3) is 0 Å². The van der Waals surface area contributed by atoms with Crippen molar-refractivity contribution >= 4 is 17.7 Å². The molecule has 1 N–H and O–H groups in total. The molecule has 1 amide bonds. The van der Waals surface area contributed by atoms with Crippen LogP contribution in [-0.4, -0.2) is 17.1 Å². The van der Waals surface area contributed by atoms with Gasteiger partial charge in [-0.15, -0.1) is 11.8 Å². The number of nitrogens with one attached hydrogen (secondary N) is 1. The van der Waals surface area contributed by atoms with Gasteiger partial charge in [-0.3, -0.25) is 4.79 Å². The molecule has 25 heavy (non-hydrogen) atoms. The molecule has 5 heteroatoms. The average Bonchev–Trinajstić information content (AvgIpc) is 2.89. The van der Waals surface area contributed by atoms with Crippen molar-refractivity contribution < 1.29 is 9.32 Å². The maximum absolute atomic E-state index is 12.7. The summed E-state index contributed by atoms with van der Waals surface area (Å²) in [6.07, 6.45) is 2.11. The van der Waals surface area contributed by atoms with Gasteiger partial charge in [0.2, 0.25) is 0 Å². The molecule has 0 aliphatic carbocycles. The van der Waals surface area contributed by atoms with Crippen LogP contribution in [0.1, 0.15) is 61.0 Å². The Hall–Kier alpha value is -1.75. The van der Waals surface area contributed by atoms with Crippen LogP contribution in [-0.2, 0) is 5.75 Å². The van der Waals surface area contributed by atoms with Gasteiger partial charge in [-0.2, -0.15) is 0 Å². The highest BCUT2D eigenvalue weighted by molar-refractivity contribution is 7.98. The van der Waals surface area contributed by atoms with Crippen molar-refractivity contribution in [1.82, 2.24) is 10.5 Å². The minimum absolute atomic E-state index is 0.00174. The van der Waals surface area contributed by atoms with Crippen LogP contribution >= 0.6 is 11.8 Å². The Kier molecular flexibility index (Phi) is 7.12. The highest BCUT2D eigenvalue weighted by Gasteiger charge is 2.16. The first-order chi connectivity index (χ1) is 11.9. The maximum Gasteiger partial charge on any atom is 0.252 e. The van der Waals surface area contributed by atoms with E-state index in [0.29, 0.717) is 5.92 Å². The molecule has 136 valence electrons. The van der Waals surface area contributed by atoms with Crippen LogP contribution in [0.5, 0.6) is 0 Å². The zero-order valence-electron chi connectivity index (χ0n) is 15.8. The van der Waals surface area contributed by atoms with Crippen LogP contribution in [0.2, 0.25) is 0 Å². The van der Waals surface area contributed by atoms with Crippen molar-refractivity contribution in [3.63, 3.8) is 0 Å². The van der Waals surface area contributed by atoms with Crippen molar-refractivity contribution in [1.29, 1.82) is 0 Å². The van der Waals surface area contributed by atoms with Gasteiger partial charge in [0, 0.05) is 22.3 Å². The monoisotopic (exact) mass is 360 g/mol. The molecule has 1 atom stereocenters. The molecule has 2 aromatic rings. The first kappa shape index (κ1) is 19.6. The summed E-state index contributed by atoms with van der Waals surface area (Å²) in [6, 6.07) is 7.94. The summed E-state index contributed by atoms with van der Waals surface area (Å²) in [5.74, 6) is 2.23. The van der Waals surface area contributed by atoms with Gasteiger partial charge in [-0.25, -0.2) is 0 Å². The van der Waals surface area contributed by atoms with Crippen LogP contribution in [0.15, 0.2) is 33.7 Å². The Balaban J connectivity index is 2.03. The lowest BCUT2D eigenvalue weighted by Crippen LogP contribution is -2.33. The smallest absolute Gasteiger partial charge is 0.252 e. The van der Waals surface area contributed by atoms with Crippen molar-refractivity contribution in [3.05, 3.63) is 46.8 Å². The van der Waals surface area contributed by atoms with Crippen molar-refractivity contribution in [2.24, 2.45) is 5.92 Å². The fourth-order valence-corrected chi connectivity index (χ4v) is 3.80. The van der Waals surface area contributed by atoms with Crippen molar-refractivity contribution in [2.45, 2.75) is 64.2 Å². The number of aromatic nitrogens is 1. The predicted octanol–water partition coefficient (Wildman–Crippen LogP) is 5.14. The Morgan fingerprint density at radius 2 is 1.92 bits per heavy atom. The van der Waals surface area contributed by atoms with E-state index in [2.05, 4.69) is 31.2 Å². The second-order valence-electron chi connectivity index (χ2n) is 6.93. The van der Waals surface area contributed by atoms with Gasteiger partial charge in [0.05, 0.1) is 11.3 Å². The predicted molar refractivity (Wildman–Crippen MR) is 103 cm³/mol. The summed E-state index contributed by atoms with van der Waals surface area (Å²) >= 11 is 1.65. The molecule has 4 nitrogen and oxygen atoms in total. The average molecular weight is 361 g/mol. The molecule has 1 heterocycles. The van der Waals surface area contributed by atoms with E-state index in [4.69, 9.17) is 4.52 Å². The first-order valence-electron chi connectivity index (χ1n) is 8.83. The van der Waals surface area contributed by atoms with Crippen LogP contribution in [0.4, 0.5) is 0 Å². The molecule has 1 unspecified atom stereocenters. The van der Waals surface area contributed by atoms with Crippen LogP contribution in [0, 0.1) is 19.8 Å². The van der Waals surface area contributed by atoms with E-state index in [9.17, 15) is 4.79 Å². The number of aryl methyl sites for hydroxylation is 2. The third-order valence-electron chi connectivity index (χ3n) is 4.24. The Morgan fingerprint density at radius 3 is 2.56 bits per heavy atom. The standard InChI is InChI=1S/C20H28N2O2S/c1-13(2)10-11-14(3)21-20(23)17-8-6-7-9-19(17)25-12-18-15(4)22-24-16(18)5/h6-9,13-14H,10-12H2,1-5H3,(H,21,23). The fourth-order valence-electron chi connectivity index (χ4n) is 2.60. The van der Waals surface area contributed by atoms with E-state index in [1.54, 1.807) is 11.8 Å². The molecule has 2 rings (SSSR count). The van der Waals surface area contributed by atoms with E-state index >= 15 is 0 Å². The van der Waals surface area contributed by atoms with Crippen molar-refractivity contribution in [3.8, 4) is 0 Å². The van der Waals surface area contributed by atoms with E-state index in [0.717, 1.165) is 46.1 Å². The van der Waals surface area contributed by atoms with E-state index in [1.165, 1.54) is 0 Å². The number of nitrogens with zero attached hydrogens (tertiary/aromatic N) is 1. The lowest BCUT2D eigenvalue weighted by Gasteiger charge is -2.16. The highest BCUT2D eigenvalue weighted by Crippen LogP contribution is 2.28. The number of hydrogen-bond donors (Lipinski definition) is 1. The summed E-state index contributed by atoms with van der Waals surface area (Å²) in [6.45, 7) is 10.3. The minimum Gasteiger partial charge on any atom is -0.361 e. The lowest BCUT2D eigenvalue weighted by atomic mass is 10.0. The quantitative estimate of drug-likeness (QED) is 0.662. The first-order valence-corrected chi connectivity index (χ1v) is 9.81. The van der Waals surface area contributed by atoms with Gasteiger partial charge < -0.3 is 9.84 Å². The van der Waals surface area contributed by atoms with Crippen LogP contribution < -0.4 is 5.32 Å². The van der Waals surface area contributed by atoms with E-state index < -0.39 is 0 Å². The molecule has 1 aromatic carbocycles. The molecular weight excluding hydrogens is 332 g/mol. The number of hydrogen-bond acceptors (Lipinski definition) is 4. The zero-order chi connectivity index (χ0) is 18.4. The van der Waals surface area contributed by atoms with Crippen molar-refractivity contribution in [2.75, 3.05) is 0 Å². The van der Waals surface area contributed by atoms with E-state index in [-0.39, 0.29) is 11.9 Å². The summed E-state index contributed by atoms with van der Waals surface area (Å²) in [7, 11) is 0. The minimum atomic E-state index is -0.00174. The number of carbonyl (C=O) groups excluding carboxylic acids is 1. The number of benzene rings is 1. The molecule has 0 saturated carbocycles. The topological polar surface area (TPSA) is 55.1 Å². The Bertz CT molecular complexity index is 690. The van der Waals surface area contributed by atoms with Gasteiger partial charge in [0.25, 0.3) is 5.91 Å². The second kappa shape index (κ2) is 9.09. The highest BCUT2D eigenvalue weighted by atomic mass is 32.2. The molecule has 0 aliphatic heterocycles. The maximum atomic E-state index is 12.7. The number of thioether (sulfide) groups is 1. The molecule has 0 bridgehead atoms. The molecule has 0 aliphatic rings. The SMILES string of the molecule is Cc1noc(C)c1CSc1ccccc1C(=O)NC(C)CCC(C)C. The normalized spacial score (nSPS) is 12.4. The summed E-state index contributed by atoms with van der Waals surface area (Å²) in [4.78, 5) is 13.6. The largest absolute Gasteiger partial charge is 0.361 e. The number of carbonyl (C=O) groups is 1. The van der Waals surface area contributed by atoms with Crippen LogP contribution in [0.3, 0.4) is 0 Å². The van der Waals surface area contributed by atoms with Gasteiger partial charge in [-0.1, -0.05) is 31.1 Å². The third kappa shape index (κ3) is 5.63. The van der Waals surface area contributed by atoms with Gasteiger partial charge in [0.1, 0.15) is 5.76 Å². The van der Waals surface area contributed by atoms with Gasteiger partial charge in [0.15, 0.2) is 0 Å². The Morgan fingerprint density at radius 1 is 1.20 bits per heavy atom. The molecular formula is C20H28N2O2S. The third-order valence-corrected chi connectivity index (χ3v) is 5.34. The molecule has 0 radical (unpaired) electrons. The summed E-state index contributed by atoms with van der Waals surface area (Å²) in [5, 5.41) is 7.12. The molecule has 0 spiro atoms. The summed E-state index contributed by atoms with van der Waals surface area (Å²) in [5.41, 5.74) is 2.75. The Labute approximate surface area is 154 Å². The second-order valence-corrected chi connectivity index (χ2v) is 7.95. The number of rotatable bonds is 8. The fraction of sp³-hybridized carbons (Fsp3) is 0.500. The van der Waals surface area contributed by atoms with Gasteiger partial charge in [-0.05, 0) is 51.7 Å².